The lowest BCUT2D eigenvalue weighted by Gasteiger charge is -2.07. The Bertz CT molecular complexity index is 331. The van der Waals surface area contributed by atoms with Gasteiger partial charge in [0.2, 0.25) is 0 Å². The van der Waals surface area contributed by atoms with Gasteiger partial charge < -0.3 is 10.5 Å². The van der Waals surface area contributed by atoms with Gasteiger partial charge in [-0.15, -0.1) is 0 Å². The minimum Gasteiger partial charge on any atom is -0.383 e. The summed E-state index contributed by atoms with van der Waals surface area (Å²) in [4.78, 5) is 8.69. The lowest BCUT2D eigenvalue weighted by molar-refractivity contribution is 0.180. The van der Waals surface area contributed by atoms with Crippen LogP contribution in [0.4, 0.5) is 5.82 Å². The van der Waals surface area contributed by atoms with E-state index in [2.05, 4.69) is 39.5 Å². The van der Waals surface area contributed by atoms with E-state index in [1.165, 1.54) is 0 Å². The van der Waals surface area contributed by atoms with Gasteiger partial charge in [0.25, 0.3) is 0 Å². The first-order valence-electron chi connectivity index (χ1n) is 4.98. The highest BCUT2D eigenvalue weighted by atomic mass is 127. The Morgan fingerprint density at radius 3 is 2.73 bits per heavy atom. The predicted octanol–water partition coefficient (Wildman–Crippen LogP) is 2.15. The summed E-state index contributed by atoms with van der Waals surface area (Å²) in [5, 5.41) is 0. The molecule has 15 heavy (non-hydrogen) atoms. The molecule has 0 unspecified atom stereocenters. The van der Waals surface area contributed by atoms with Crippen molar-refractivity contribution in [2.45, 2.75) is 32.8 Å². The zero-order chi connectivity index (χ0) is 11.3. The molecule has 0 atom stereocenters. The highest BCUT2D eigenvalue weighted by Gasteiger charge is 2.09. The number of hydrogen-bond acceptors (Lipinski definition) is 4. The Balaban J connectivity index is 2.90. The fraction of sp³-hybridized carbons (Fsp3) is 0.600. The van der Waals surface area contributed by atoms with Gasteiger partial charge >= 0.3 is 0 Å². The second-order valence-electron chi connectivity index (χ2n) is 3.32. The zero-order valence-corrected chi connectivity index (χ0v) is 11.2. The van der Waals surface area contributed by atoms with Crippen LogP contribution in [0, 0.1) is 3.57 Å². The van der Waals surface area contributed by atoms with Crippen molar-refractivity contribution in [2.24, 2.45) is 0 Å². The molecule has 0 radical (unpaired) electrons. The van der Waals surface area contributed by atoms with Gasteiger partial charge in [0.1, 0.15) is 11.6 Å². The average Bonchev–Trinajstić information content (AvgIpc) is 2.22. The molecular weight excluding hydrogens is 305 g/mol. The van der Waals surface area contributed by atoms with Gasteiger partial charge in [-0.2, -0.15) is 0 Å². The van der Waals surface area contributed by atoms with Gasteiger partial charge in [-0.1, -0.05) is 13.3 Å². The topological polar surface area (TPSA) is 61.0 Å². The smallest absolute Gasteiger partial charge is 0.140 e. The number of methoxy groups -OCH3 is 1. The maximum atomic E-state index is 5.81. The highest BCUT2D eigenvalue weighted by Crippen LogP contribution is 2.17. The van der Waals surface area contributed by atoms with Crippen LogP contribution in [0.25, 0.3) is 0 Å². The van der Waals surface area contributed by atoms with Gasteiger partial charge in [0.05, 0.1) is 15.9 Å². The summed E-state index contributed by atoms with van der Waals surface area (Å²) >= 11 is 2.15. The lowest BCUT2D eigenvalue weighted by atomic mass is 10.2. The minimum atomic E-state index is 0.490. The van der Waals surface area contributed by atoms with Crippen LogP contribution in [0.3, 0.4) is 0 Å². The number of aromatic nitrogens is 2. The van der Waals surface area contributed by atoms with E-state index in [-0.39, 0.29) is 0 Å². The first-order chi connectivity index (χ1) is 7.19. The number of aryl methyl sites for hydroxylation is 1. The van der Waals surface area contributed by atoms with E-state index in [1.807, 2.05) is 0 Å². The Kier molecular flexibility index (Phi) is 5.24. The third kappa shape index (κ3) is 3.57. The van der Waals surface area contributed by atoms with Gasteiger partial charge in [-0.25, -0.2) is 9.97 Å². The number of nitrogens with two attached hydrogens (primary N) is 1. The van der Waals surface area contributed by atoms with Crippen LogP contribution in [-0.2, 0) is 17.8 Å². The molecule has 0 bridgehead atoms. The van der Waals surface area contributed by atoms with Crippen LogP contribution >= 0.6 is 22.6 Å². The summed E-state index contributed by atoms with van der Waals surface area (Å²) in [6.45, 7) is 2.64. The van der Waals surface area contributed by atoms with Gasteiger partial charge in [-0.05, 0) is 29.0 Å². The second kappa shape index (κ2) is 6.22. The van der Waals surface area contributed by atoms with Gasteiger partial charge in [-0.3, -0.25) is 0 Å². The number of nitrogens with zero attached hydrogens (tertiary/aromatic N) is 2. The van der Waals surface area contributed by atoms with Crippen molar-refractivity contribution in [3.8, 4) is 0 Å². The maximum Gasteiger partial charge on any atom is 0.140 e. The highest BCUT2D eigenvalue weighted by molar-refractivity contribution is 14.1. The molecule has 0 amide bonds. The first kappa shape index (κ1) is 12.6. The number of halogens is 1. The van der Waals surface area contributed by atoms with E-state index in [1.54, 1.807) is 7.11 Å². The van der Waals surface area contributed by atoms with Crippen LogP contribution in [0.1, 0.15) is 31.3 Å². The Morgan fingerprint density at radius 2 is 2.13 bits per heavy atom. The van der Waals surface area contributed by atoms with E-state index in [0.29, 0.717) is 12.4 Å². The van der Waals surface area contributed by atoms with E-state index in [9.17, 15) is 0 Å². The average molecular weight is 321 g/mol. The summed E-state index contributed by atoms with van der Waals surface area (Å²) < 4.78 is 5.97. The van der Waals surface area contributed by atoms with Crippen LogP contribution < -0.4 is 5.73 Å². The molecular formula is C10H16IN3O. The Labute approximate surface area is 104 Å². The zero-order valence-electron chi connectivity index (χ0n) is 9.09. The third-order valence-electron chi connectivity index (χ3n) is 2.03. The molecule has 0 spiro atoms. The number of nitrogen functional groups attached to an aromatic ring is 1. The molecule has 2 N–H and O–H groups in total. The van der Waals surface area contributed by atoms with Gasteiger partial charge in [0, 0.05) is 13.5 Å². The standard InChI is InChI=1S/C10H16IN3O/c1-3-4-5-8-13-7(6-15-2)9(11)10(12)14-8/h3-6H2,1-2H3,(H2,12,13,14). The molecule has 1 aromatic heterocycles. The number of anilines is 1. The number of rotatable bonds is 5. The SMILES string of the molecule is CCCCc1nc(N)c(I)c(COC)n1. The van der Waals surface area contributed by atoms with E-state index in [4.69, 9.17) is 10.5 Å². The summed E-state index contributed by atoms with van der Waals surface area (Å²) in [5.74, 6) is 1.38. The maximum absolute atomic E-state index is 5.81. The van der Waals surface area contributed by atoms with Crippen molar-refractivity contribution in [1.82, 2.24) is 9.97 Å². The summed E-state index contributed by atoms with van der Waals surface area (Å²) in [5.41, 5.74) is 6.70. The predicted molar refractivity (Wildman–Crippen MR) is 68.5 cm³/mol. The molecule has 0 aliphatic carbocycles. The molecule has 1 aromatic rings. The lowest BCUT2D eigenvalue weighted by Crippen LogP contribution is -2.08. The minimum absolute atomic E-state index is 0.490. The van der Waals surface area contributed by atoms with Crippen molar-refractivity contribution in [1.29, 1.82) is 0 Å². The van der Waals surface area contributed by atoms with Crippen LogP contribution in [0.5, 0.6) is 0 Å². The van der Waals surface area contributed by atoms with E-state index < -0.39 is 0 Å². The van der Waals surface area contributed by atoms with Crippen LogP contribution in [0.15, 0.2) is 0 Å². The quantitative estimate of drug-likeness (QED) is 0.844. The number of hydrogen-bond donors (Lipinski definition) is 1. The Hall–Kier alpha value is -0.430. The molecule has 1 rings (SSSR count). The molecule has 0 aromatic carbocycles. The third-order valence-corrected chi connectivity index (χ3v) is 3.20. The monoisotopic (exact) mass is 321 g/mol. The van der Waals surface area contributed by atoms with Gasteiger partial charge in [0.15, 0.2) is 0 Å². The summed E-state index contributed by atoms with van der Waals surface area (Å²) in [6, 6.07) is 0. The molecule has 0 aliphatic rings. The first-order valence-corrected chi connectivity index (χ1v) is 6.06. The van der Waals surface area contributed by atoms with Crippen molar-refractivity contribution in [3.63, 3.8) is 0 Å². The fourth-order valence-electron chi connectivity index (χ4n) is 1.24. The van der Waals surface area contributed by atoms with Crippen molar-refractivity contribution >= 4 is 28.4 Å². The summed E-state index contributed by atoms with van der Waals surface area (Å²) in [6.07, 6.45) is 3.11. The second-order valence-corrected chi connectivity index (χ2v) is 4.40. The van der Waals surface area contributed by atoms with Crippen molar-refractivity contribution < 1.29 is 4.74 Å². The number of ether oxygens (including phenoxy) is 1. The summed E-state index contributed by atoms with van der Waals surface area (Å²) in [7, 11) is 1.65. The molecule has 0 fully saturated rings. The largest absolute Gasteiger partial charge is 0.383 e. The van der Waals surface area contributed by atoms with Crippen LogP contribution in [-0.4, -0.2) is 17.1 Å². The van der Waals surface area contributed by atoms with Crippen molar-refractivity contribution in [2.75, 3.05) is 12.8 Å². The molecule has 5 heteroatoms. The fourth-order valence-corrected chi connectivity index (χ4v) is 1.64. The molecule has 4 nitrogen and oxygen atoms in total. The van der Waals surface area contributed by atoms with Crippen LogP contribution in [0.2, 0.25) is 0 Å². The Morgan fingerprint density at radius 1 is 1.40 bits per heavy atom. The van der Waals surface area contributed by atoms with E-state index in [0.717, 1.165) is 34.4 Å². The molecule has 0 saturated carbocycles. The normalized spacial score (nSPS) is 10.6. The molecule has 0 aliphatic heterocycles. The van der Waals surface area contributed by atoms with Crippen molar-refractivity contribution in [3.05, 3.63) is 15.1 Å². The molecule has 0 saturated heterocycles. The molecule has 84 valence electrons. The molecule has 1 heterocycles. The number of unbranched alkanes of at least 4 members (excludes halogenated alkanes) is 1. The van der Waals surface area contributed by atoms with E-state index >= 15 is 0 Å².